The first-order valence-corrected chi connectivity index (χ1v) is 27.0. The Kier molecular flexibility index (Phi) is 20.3. The summed E-state index contributed by atoms with van der Waals surface area (Å²) in [4.78, 5) is 70.4. The number of likely N-dealkylation sites (tertiary alicyclic amines) is 1. The van der Waals surface area contributed by atoms with Gasteiger partial charge in [0.05, 0.1) is 78.4 Å². The van der Waals surface area contributed by atoms with E-state index in [1.165, 1.54) is 22.3 Å². The number of nitrogens with one attached hydrogen (secondary N) is 4. The van der Waals surface area contributed by atoms with Gasteiger partial charge in [-0.2, -0.15) is 0 Å². The van der Waals surface area contributed by atoms with Crippen LogP contribution in [0.5, 0.6) is 5.75 Å². The van der Waals surface area contributed by atoms with Gasteiger partial charge in [0.2, 0.25) is 23.6 Å². The van der Waals surface area contributed by atoms with E-state index in [9.17, 15) is 28.7 Å². The Morgan fingerprint density at radius 1 is 0.919 bits per heavy atom. The third-order valence-corrected chi connectivity index (χ3v) is 15.0. The number of aliphatic hydroxyl groups excluding tert-OH is 1. The Hall–Kier alpha value is -5.61. The van der Waals surface area contributed by atoms with Gasteiger partial charge in [-0.3, -0.25) is 19.2 Å². The number of benzene rings is 2. The molecule has 5 N–H and O–H groups in total. The van der Waals surface area contributed by atoms with Crippen LogP contribution in [0.4, 0.5) is 15.3 Å². The van der Waals surface area contributed by atoms with Gasteiger partial charge in [0.25, 0.3) is 0 Å². The van der Waals surface area contributed by atoms with Gasteiger partial charge in [-0.1, -0.05) is 68.8 Å². The van der Waals surface area contributed by atoms with Gasteiger partial charge in [0.15, 0.2) is 16.7 Å². The summed E-state index contributed by atoms with van der Waals surface area (Å²) < 4.78 is 37.7. The Labute approximate surface area is 444 Å². The van der Waals surface area contributed by atoms with Gasteiger partial charge >= 0.3 is 0 Å². The normalized spacial score (nSPS) is 19.2. The summed E-state index contributed by atoms with van der Waals surface area (Å²) in [7, 11) is 0. The average molecular weight is 1080 g/mol. The highest BCUT2D eigenvalue weighted by Gasteiger charge is 2.45. The number of β-amino-alcohol motifs (C(OH)–C–C–N with tert-alkyl or cyclic N) is 1. The number of halogens is 2. The highest BCUT2D eigenvalue weighted by atomic mass is 35.5. The van der Waals surface area contributed by atoms with Crippen molar-refractivity contribution in [3.63, 3.8) is 0 Å². The minimum atomic E-state index is -0.955. The lowest BCUT2D eigenvalue weighted by atomic mass is 9.69. The summed E-state index contributed by atoms with van der Waals surface area (Å²) in [5.41, 5.74) is 3.96. The summed E-state index contributed by atoms with van der Waals surface area (Å²) in [5.74, 6) is -1.21. The molecule has 1 saturated carbocycles. The molecule has 4 amide bonds. The second-order valence-electron chi connectivity index (χ2n) is 19.6. The van der Waals surface area contributed by atoms with Gasteiger partial charge in [0.1, 0.15) is 17.9 Å². The zero-order valence-electron chi connectivity index (χ0n) is 42.2. The largest absolute Gasteiger partial charge is 0.487 e. The molecule has 2 fully saturated rings. The second kappa shape index (κ2) is 26.7. The van der Waals surface area contributed by atoms with Gasteiger partial charge in [0, 0.05) is 56.2 Å². The lowest BCUT2D eigenvalue weighted by molar-refractivity contribution is -0.144. The molecular formula is C53H66ClFN8O9S2. The molecule has 74 heavy (non-hydrogen) atoms. The van der Waals surface area contributed by atoms with Crippen LogP contribution in [0.15, 0.2) is 77.8 Å². The first-order chi connectivity index (χ1) is 35.6. The van der Waals surface area contributed by atoms with Crippen molar-refractivity contribution in [2.24, 2.45) is 10.8 Å². The van der Waals surface area contributed by atoms with E-state index in [0.29, 0.717) is 43.1 Å². The zero-order chi connectivity index (χ0) is 52.7. The molecule has 4 heterocycles. The lowest BCUT2D eigenvalue weighted by Gasteiger charge is -2.39. The molecule has 0 unspecified atom stereocenters. The van der Waals surface area contributed by atoms with Crippen LogP contribution in [-0.2, 0) is 46.4 Å². The molecular weight excluding hydrogens is 1010 g/mol. The minimum absolute atomic E-state index is 0.00532. The second-order valence-corrected chi connectivity index (χ2v) is 21.7. The number of aryl methyl sites for hydroxylation is 1. The number of amides is 4. The fourth-order valence-electron chi connectivity index (χ4n) is 9.03. The molecule has 1 aliphatic heterocycles. The maximum absolute atomic E-state index is 14.7. The van der Waals surface area contributed by atoms with E-state index in [0.717, 1.165) is 27.4 Å². The number of carbonyl (C=O) groups excluding carboxylic acids is 4. The number of thiazole rings is 2. The van der Waals surface area contributed by atoms with E-state index in [-0.39, 0.29) is 107 Å². The van der Waals surface area contributed by atoms with E-state index in [1.54, 1.807) is 29.7 Å². The first kappa shape index (κ1) is 56.1. The molecule has 3 aromatic heterocycles. The predicted octanol–water partition coefficient (Wildman–Crippen LogP) is 7.42. The molecule has 2 aromatic carbocycles. The van der Waals surface area contributed by atoms with Crippen molar-refractivity contribution in [2.45, 2.75) is 103 Å². The fraction of sp³-hybridized carbons (Fsp3) is 0.491. The number of rotatable bonds is 25. The summed E-state index contributed by atoms with van der Waals surface area (Å²) in [6.45, 7) is 9.38. The maximum Gasteiger partial charge on any atom is 0.246 e. The summed E-state index contributed by atoms with van der Waals surface area (Å²) in [5, 5.41) is 25.2. The van der Waals surface area contributed by atoms with Crippen LogP contribution in [0.1, 0.15) is 76.2 Å². The molecule has 21 heteroatoms. The summed E-state index contributed by atoms with van der Waals surface area (Å²) in [6, 6.07) is 16.3. The van der Waals surface area contributed by atoms with Crippen LogP contribution in [0.3, 0.4) is 0 Å². The Balaban J connectivity index is 0.786. The van der Waals surface area contributed by atoms with Crippen molar-refractivity contribution in [1.29, 1.82) is 0 Å². The molecule has 1 aliphatic carbocycles. The van der Waals surface area contributed by atoms with Crippen molar-refractivity contribution in [3.8, 4) is 16.2 Å². The Morgan fingerprint density at radius 3 is 2.32 bits per heavy atom. The van der Waals surface area contributed by atoms with Crippen molar-refractivity contribution < 1.29 is 47.6 Å². The monoisotopic (exact) mass is 1080 g/mol. The third kappa shape index (κ3) is 15.7. The molecule has 2 aliphatic rings. The van der Waals surface area contributed by atoms with Crippen LogP contribution in [-0.4, -0.2) is 126 Å². The van der Waals surface area contributed by atoms with Gasteiger partial charge in [-0.05, 0) is 73.4 Å². The van der Waals surface area contributed by atoms with Crippen LogP contribution in [0, 0.1) is 23.6 Å². The number of anilines is 2. The van der Waals surface area contributed by atoms with E-state index in [4.69, 9.17) is 35.5 Å². The topological polar surface area (TPSA) is 215 Å². The third-order valence-electron chi connectivity index (χ3n) is 13.0. The molecule has 5 aromatic rings. The van der Waals surface area contributed by atoms with Crippen LogP contribution < -0.4 is 26.0 Å². The standard InChI is InChI=1S/C53H66ClFN8O9S2/c1-34-46(74-33-59-34)36-13-11-35(12-14-36)31-58-48(66)41-29-38(64)32-63(41)49(67)47(52(2,3)4)62-44(65)17-22-69-24-26-71-27-25-70-23-20-56-50(68)53(30-37-7-5-10-43(60-37)61-51-57-21-28-73-51)18-15-39(16-19-53)72-42-9-6-8-40(54)45(42)55/h5-14,21,28,33,38-39,41,47,64H,15-20,22-27,29-32H2,1-4H3,(H,56,68)(H,58,66)(H,62,65)(H,57,60,61)/t38-,39?,41+,47-,53?/m1/s1. The van der Waals surface area contributed by atoms with Crippen molar-refractivity contribution in [1.82, 2.24) is 35.8 Å². The van der Waals surface area contributed by atoms with Crippen molar-refractivity contribution in [3.05, 3.63) is 106 Å². The van der Waals surface area contributed by atoms with Crippen LogP contribution >= 0.6 is 34.3 Å². The summed E-state index contributed by atoms with van der Waals surface area (Å²) in [6.07, 6.45) is 3.06. The van der Waals surface area contributed by atoms with E-state index >= 15 is 0 Å². The van der Waals surface area contributed by atoms with Gasteiger partial charge < -0.3 is 50.2 Å². The molecule has 17 nitrogen and oxygen atoms in total. The Bertz CT molecular complexity index is 2630. The first-order valence-electron chi connectivity index (χ1n) is 24.9. The fourth-order valence-corrected chi connectivity index (χ4v) is 10.5. The van der Waals surface area contributed by atoms with Gasteiger partial charge in [-0.15, -0.1) is 22.7 Å². The maximum atomic E-state index is 14.7. The lowest BCUT2D eigenvalue weighted by Crippen LogP contribution is -2.57. The van der Waals surface area contributed by atoms with E-state index < -0.39 is 40.7 Å². The predicted molar refractivity (Wildman–Crippen MR) is 282 cm³/mol. The average Bonchev–Trinajstić information content (AvgIpc) is 4.16. The Morgan fingerprint density at radius 2 is 1.64 bits per heavy atom. The van der Waals surface area contributed by atoms with Crippen LogP contribution in [0.25, 0.3) is 10.4 Å². The summed E-state index contributed by atoms with van der Waals surface area (Å²) >= 11 is 9.02. The number of pyridine rings is 1. The highest BCUT2D eigenvalue weighted by molar-refractivity contribution is 7.13. The molecule has 3 atom stereocenters. The number of aliphatic hydroxyl groups is 1. The van der Waals surface area contributed by atoms with E-state index in [2.05, 4.69) is 31.2 Å². The quantitative estimate of drug-likeness (QED) is 0.0360. The highest BCUT2D eigenvalue weighted by Crippen LogP contribution is 2.41. The van der Waals surface area contributed by atoms with E-state index in [1.807, 2.05) is 81.1 Å². The number of carbonyl (C=O) groups is 4. The molecule has 0 spiro atoms. The SMILES string of the molecule is Cc1ncsc1-c1ccc(CNC(=O)[C@@H]2C[C@@H](O)CN2C(=O)[C@@H](NC(=O)CCOCCOCCOCCNC(=O)C2(Cc3cccc(Nc4nccs4)n3)CCC(Oc3cccc(Cl)c3F)CC2)C(C)(C)C)cc1. The minimum Gasteiger partial charge on any atom is -0.487 e. The molecule has 7 rings (SSSR count). The van der Waals surface area contributed by atoms with Gasteiger partial charge in [-0.25, -0.2) is 19.3 Å². The van der Waals surface area contributed by atoms with Crippen LogP contribution in [0.2, 0.25) is 5.02 Å². The van der Waals surface area contributed by atoms with Crippen molar-refractivity contribution >= 4 is 68.9 Å². The number of nitrogens with zero attached hydrogens (tertiary/aromatic N) is 4. The smallest absolute Gasteiger partial charge is 0.246 e. The number of aromatic nitrogens is 3. The number of hydrogen-bond donors (Lipinski definition) is 5. The number of hydrogen-bond acceptors (Lipinski definition) is 15. The number of ether oxygens (including phenoxy) is 4. The molecule has 0 bridgehead atoms. The van der Waals surface area contributed by atoms with Crippen molar-refractivity contribution in [2.75, 3.05) is 58.0 Å². The molecule has 398 valence electrons. The zero-order valence-corrected chi connectivity index (χ0v) is 44.6. The molecule has 0 radical (unpaired) electrons. The molecule has 1 saturated heterocycles.